The molecule has 0 atom stereocenters. The molecule has 0 aliphatic carbocycles. The van der Waals surface area contributed by atoms with Gasteiger partial charge in [-0.25, -0.2) is 4.79 Å². The van der Waals surface area contributed by atoms with Gasteiger partial charge < -0.3 is 14.8 Å². The van der Waals surface area contributed by atoms with Gasteiger partial charge in [0.25, 0.3) is 11.6 Å². The molecule has 0 aliphatic heterocycles. The van der Waals surface area contributed by atoms with Crippen molar-refractivity contribution < 1.29 is 24.0 Å². The SMILES string of the molecule is CCOCC(=O)OCC(=O)Nc1ccc([N+](=O)[O-])cc1C. The molecule has 0 saturated heterocycles. The molecule has 0 aliphatic rings. The Morgan fingerprint density at radius 3 is 2.62 bits per heavy atom. The van der Waals surface area contributed by atoms with Crippen molar-refractivity contribution in [2.75, 3.05) is 25.1 Å². The van der Waals surface area contributed by atoms with E-state index >= 15 is 0 Å². The normalized spacial score (nSPS) is 10.0. The highest BCUT2D eigenvalue weighted by Gasteiger charge is 2.11. The maximum absolute atomic E-state index is 11.6. The number of carbonyl (C=O) groups excluding carboxylic acids is 2. The van der Waals surface area contributed by atoms with E-state index in [9.17, 15) is 19.7 Å². The summed E-state index contributed by atoms with van der Waals surface area (Å²) in [6.07, 6.45) is 0. The molecule has 0 heterocycles. The standard InChI is InChI=1S/C13H16N2O6/c1-3-20-8-13(17)21-7-12(16)14-11-5-4-10(15(18)19)6-9(11)2/h4-6H,3,7-8H2,1-2H3,(H,14,16). The molecule has 1 rings (SSSR count). The molecule has 0 aromatic heterocycles. The van der Waals surface area contributed by atoms with Gasteiger partial charge in [-0.3, -0.25) is 14.9 Å². The first-order valence-electron chi connectivity index (χ1n) is 6.22. The quantitative estimate of drug-likeness (QED) is 0.463. The van der Waals surface area contributed by atoms with Gasteiger partial charge in [-0.2, -0.15) is 0 Å². The van der Waals surface area contributed by atoms with Crippen LogP contribution in [0.1, 0.15) is 12.5 Å². The second kappa shape index (κ2) is 7.95. The summed E-state index contributed by atoms with van der Waals surface area (Å²) in [4.78, 5) is 32.8. The van der Waals surface area contributed by atoms with Crippen LogP contribution in [0.3, 0.4) is 0 Å². The van der Waals surface area contributed by atoms with Gasteiger partial charge in [0.2, 0.25) is 0 Å². The van der Waals surface area contributed by atoms with Crippen LogP contribution in [-0.2, 0) is 19.1 Å². The van der Waals surface area contributed by atoms with Crippen LogP contribution in [0.15, 0.2) is 18.2 Å². The van der Waals surface area contributed by atoms with Crippen LogP contribution < -0.4 is 5.32 Å². The van der Waals surface area contributed by atoms with Crippen molar-refractivity contribution in [3.63, 3.8) is 0 Å². The number of non-ortho nitro benzene ring substituents is 1. The molecule has 1 aromatic rings. The second-order valence-electron chi connectivity index (χ2n) is 4.10. The van der Waals surface area contributed by atoms with E-state index in [0.717, 1.165) is 0 Å². The van der Waals surface area contributed by atoms with Crippen molar-refractivity contribution in [2.24, 2.45) is 0 Å². The van der Waals surface area contributed by atoms with Gasteiger partial charge in [-0.1, -0.05) is 0 Å². The third-order valence-corrected chi connectivity index (χ3v) is 2.48. The number of hydrogen-bond donors (Lipinski definition) is 1. The van der Waals surface area contributed by atoms with Crippen LogP contribution >= 0.6 is 0 Å². The van der Waals surface area contributed by atoms with Crippen molar-refractivity contribution in [2.45, 2.75) is 13.8 Å². The van der Waals surface area contributed by atoms with E-state index in [0.29, 0.717) is 17.9 Å². The maximum atomic E-state index is 11.6. The molecule has 0 unspecified atom stereocenters. The highest BCUT2D eigenvalue weighted by atomic mass is 16.6. The molecule has 114 valence electrons. The summed E-state index contributed by atoms with van der Waals surface area (Å²) in [5.74, 6) is -1.16. The first-order chi connectivity index (χ1) is 9.93. The number of nitro benzene ring substituents is 1. The third kappa shape index (κ3) is 5.57. The molecular formula is C13H16N2O6. The smallest absolute Gasteiger partial charge is 0.332 e. The lowest BCUT2D eigenvalue weighted by atomic mass is 10.2. The largest absolute Gasteiger partial charge is 0.454 e. The highest BCUT2D eigenvalue weighted by molar-refractivity contribution is 5.93. The number of carbonyl (C=O) groups is 2. The van der Waals surface area contributed by atoms with Crippen LogP contribution in [0.2, 0.25) is 0 Å². The summed E-state index contributed by atoms with van der Waals surface area (Å²) in [6, 6.07) is 4.05. The summed E-state index contributed by atoms with van der Waals surface area (Å²) in [7, 11) is 0. The Labute approximate surface area is 121 Å². The van der Waals surface area contributed by atoms with Crippen LogP contribution in [0.5, 0.6) is 0 Å². The maximum Gasteiger partial charge on any atom is 0.332 e. The van der Waals surface area contributed by atoms with Gasteiger partial charge in [0, 0.05) is 24.4 Å². The molecule has 0 spiro atoms. The molecular weight excluding hydrogens is 280 g/mol. The number of rotatable bonds is 7. The van der Waals surface area contributed by atoms with Gasteiger partial charge in [0.1, 0.15) is 6.61 Å². The number of nitrogens with one attached hydrogen (secondary N) is 1. The lowest BCUT2D eigenvalue weighted by Gasteiger charge is -2.08. The van der Waals surface area contributed by atoms with Gasteiger partial charge >= 0.3 is 5.97 Å². The average molecular weight is 296 g/mol. The molecule has 1 aromatic carbocycles. The van der Waals surface area contributed by atoms with Gasteiger partial charge in [0.15, 0.2) is 6.61 Å². The number of nitrogens with zero attached hydrogens (tertiary/aromatic N) is 1. The minimum atomic E-state index is -0.632. The van der Waals surface area contributed by atoms with Crippen LogP contribution in [0, 0.1) is 17.0 Å². The lowest BCUT2D eigenvalue weighted by Crippen LogP contribution is -2.23. The average Bonchev–Trinajstić information content (AvgIpc) is 2.44. The molecule has 0 bridgehead atoms. The fraction of sp³-hybridized carbons (Fsp3) is 0.385. The number of nitro groups is 1. The summed E-state index contributed by atoms with van der Waals surface area (Å²) in [5, 5.41) is 13.1. The predicted molar refractivity (Wildman–Crippen MR) is 73.9 cm³/mol. The first-order valence-corrected chi connectivity index (χ1v) is 6.22. The van der Waals surface area contributed by atoms with E-state index in [2.05, 4.69) is 5.32 Å². The molecule has 21 heavy (non-hydrogen) atoms. The zero-order valence-electron chi connectivity index (χ0n) is 11.8. The molecule has 8 heteroatoms. The topological polar surface area (TPSA) is 108 Å². The third-order valence-electron chi connectivity index (χ3n) is 2.48. The fourth-order valence-electron chi connectivity index (χ4n) is 1.46. The number of amides is 1. The molecule has 8 nitrogen and oxygen atoms in total. The number of anilines is 1. The Morgan fingerprint density at radius 1 is 1.33 bits per heavy atom. The first kappa shape index (κ1) is 16.6. The monoisotopic (exact) mass is 296 g/mol. The Bertz CT molecular complexity index is 543. The van der Waals surface area contributed by atoms with Crippen molar-refractivity contribution in [3.05, 3.63) is 33.9 Å². The zero-order chi connectivity index (χ0) is 15.8. The van der Waals surface area contributed by atoms with Crippen LogP contribution in [0.4, 0.5) is 11.4 Å². The minimum Gasteiger partial charge on any atom is -0.454 e. The second-order valence-corrected chi connectivity index (χ2v) is 4.10. The Hall–Kier alpha value is -2.48. The van der Waals surface area contributed by atoms with Crippen molar-refractivity contribution >= 4 is 23.3 Å². The number of hydrogen-bond acceptors (Lipinski definition) is 6. The molecule has 0 radical (unpaired) electrons. The van der Waals surface area contributed by atoms with Crippen LogP contribution in [0.25, 0.3) is 0 Å². The Kier molecular flexibility index (Phi) is 6.28. The fourth-order valence-corrected chi connectivity index (χ4v) is 1.46. The van der Waals surface area contributed by atoms with Gasteiger partial charge in [0.05, 0.1) is 4.92 Å². The minimum absolute atomic E-state index is 0.0614. The van der Waals surface area contributed by atoms with Crippen LogP contribution in [-0.4, -0.2) is 36.6 Å². The summed E-state index contributed by atoms with van der Waals surface area (Å²) in [5.41, 5.74) is 0.901. The Morgan fingerprint density at radius 2 is 2.05 bits per heavy atom. The van der Waals surface area contributed by atoms with Crippen molar-refractivity contribution in [1.82, 2.24) is 0 Å². The van der Waals surface area contributed by atoms with Crippen molar-refractivity contribution in [1.29, 1.82) is 0 Å². The van der Waals surface area contributed by atoms with E-state index in [1.807, 2.05) is 0 Å². The van der Waals surface area contributed by atoms with E-state index < -0.39 is 23.4 Å². The highest BCUT2D eigenvalue weighted by Crippen LogP contribution is 2.20. The molecule has 0 saturated carbocycles. The summed E-state index contributed by atoms with van der Waals surface area (Å²) < 4.78 is 9.53. The number of aryl methyl sites for hydroxylation is 1. The van der Waals surface area contributed by atoms with Gasteiger partial charge in [-0.15, -0.1) is 0 Å². The molecule has 1 amide bonds. The van der Waals surface area contributed by atoms with E-state index in [1.54, 1.807) is 13.8 Å². The number of esters is 1. The number of ether oxygens (including phenoxy) is 2. The van der Waals surface area contributed by atoms with Gasteiger partial charge in [-0.05, 0) is 25.5 Å². The molecule has 0 fully saturated rings. The zero-order valence-corrected chi connectivity index (χ0v) is 11.8. The lowest BCUT2D eigenvalue weighted by molar-refractivity contribution is -0.384. The summed E-state index contributed by atoms with van der Waals surface area (Å²) in [6.45, 7) is 3.09. The van der Waals surface area contributed by atoms with E-state index in [-0.39, 0.29) is 12.3 Å². The van der Waals surface area contributed by atoms with E-state index in [4.69, 9.17) is 9.47 Å². The predicted octanol–water partition coefficient (Wildman–Crippen LogP) is 1.42. The van der Waals surface area contributed by atoms with Crippen molar-refractivity contribution in [3.8, 4) is 0 Å². The summed E-state index contributed by atoms with van der Waals surface area (Å²) >= 11 is 0. The molecule has 1 N–H and O–H groups in total. The van der Waals surface area contributed by atoms with E-state index in [1.165, 1.54) is 18.2 Å². The Balaban J connectivity index is 2.51. The number of benzene rings is 1.